The number of sulfonamides is 2. The summed E-state index contributed by atoms with van der Waals surface area (Å²) in [5, 5.41) is -0.196. The van der Waals surface area contributed by atoms with Gasteiger partial charge in [-0.05, 0) is 68.1 Å². The molecule has 0 aromatic heterocycles. The molecule has 0 aliphatic carbocycles. The molecule has 0 amide bonds. The van der Waals surface area contributed by atoms with Gasteiger partial charge in [0.25, 0.3) is 10.0 Å². The van der Waals surface area contributed by atoms with Gasteiger partial charge in [0.2, 0.25) is 10.0 Å². The molecule has 1 heterocycles. The summed E-state index contributed by atoms with van der Waals surface area (Å²) in [4.78, 5) is 0.0172. The molecule has 1 N–H and O–H groups in total. The molecule has 0 spiro atoms. The molecular formula is C18H20ClFN2O4S2. The summed E-state index contributed by atoms with van der Waals surface area (Å²) in [7, 11) is -7.37. The van der Waals surface area contributed by atoms with E-state index in [9.17, 15) is 21.2 Å². The van der Waals surface area contributed by atoms with Crippen molar-refractivity contribution in [2.45, 2.75) is 31.6 Å². The molecule has 152 valence electrons. The van der Waals surface area contributed by atoms with Gasteiger partial charge in [-0.15, -0.1) is 0 Å². The van der Waals surface area contributed by atoms with Gasteiger partial charge in [0.15, 0.2) is 0 Å². The molecule has 3 rings (SSSR count). The second-order valence-electron chi connectivity index (χ2n) is 6.73. The van der Waals surface area contributed by atoms with Crippen LogP contribution in [0.15, 0.2) is 35.2 Å². The predicted octanol–water partition coefficient (Wildman–Crippen LogP) is 3.83. The molecule has 2 aromatic rings. The standard InChI is InChI=1S/C18H20ClFN2O4S2/c1-12-10-18(28(25,26)21-14-5-6-16(20)15(19)11-14)13(2)9-17(12)22-7-3-4-8-27(22,23)24/h5-6,9-11,21H,3-4,7-8H2,1-2H3. The molecule has 1 fully saturated rings. The van der Waals surface area contributed by atoms with Crippen LogP contribution < -0.4 is 9.03 Å². The van der Waals surface area contributed by atoms with Crippen LogP contribution in [0.2, 0.25) is 5.02 Å². The van der Waals surface area contributed by atoms with Crippen molar-refractivity contribution in [2.75, 3.05) is 21.3 Å². The second kappa shape index (κ2) is 7.53. The fourth-order valence-corrected chi connectivity index (χ4v) is 6.40. The third kappa shape index (κ3) is 4.11. The van der Waals surface area contributed by atoms with Crippen LogP contribution in [0.5, 0.6) is 0 Å². The highest BCUT2D eigenvalue weighted by molar-refractivity contribution is 7.93. The topological polar surface area (TPSA) is 83.6 Å². The van der Waals surface area contributed by atoms with E-state index in [1.807, 2.05) is 0 Å². The molecule has 0 radical (unpaired) electrons. The van der Waals surface area contributed by atoms with Crippen LogP contribution in [0.25, 0.3) is 0 Å². The minimum absolute atomic E-state index is 0.0172. The Morgan fingerprint density at radius 1 is 1.11 bits per heavy atom. The fourth-order valence-electron chi connectivity index (χ4n) is 3.16. The first kappa shape index (κ1) is 20.9. The number of halogens is 2. The first-order chi connectivity index (χ1) is 13.0. The van der Waals surface area contributed by atoms with Crippen molar-refractivity contribution in [3.8, 4) is 0 Å². The van der Waals surface area contributed by atoms with Crippen LogP contribution in [0.3, 0.4) is 0 Å². The molecule has 1 saturated heterocycles. The van der Waals surface area contributed by atoms with Crippen molar-refractivity contribution in [1.82, 2.24) is 0 Å². The Balaban J connectivity index is 1.98. The quantitative estimate of drug-likeness (QED) is 0.773. The Labute approximate surface area is 169 Å². The van der Waals surface area contributed by atoms with E-state index >= 15 is 0 Å². The van der Waals surface area contributed by atoms with Gasteiger partial charge in [-0.25, -0.2) is 21.2 Å². The number of aryl methyl sites for hydroxylation is 2. The summed E-state index contributed by atoms with van der Waals surface area (Å²) in [6.45, 7) is 3.65. The average Bonchev–Trinajstić information content (AvgIpc) is 2.59. The van der Waals surface area contributed by atoms with Crippen LogP contribution in [0, 0.1) is 19.7 Å². The van der Waals surface area contributed by atoms with E-state index in [4.69, 9.17) is 11.6 Å². The summed E-state index contributed by atoms with van der Waals surface area (Å²) >= 11 is 5.71. The van der Waals surface area contributed by atoms with E-state index < -0.39 is 25.9 Å². The number of hydrogen-bond acceptors (Lipinski definition) is 4. The molecule has 1 aliphatic heterocycles. The Morgan fingerprint density at radius 2 is 1.82 bits per heavy atom. The number of anilines is 2. The maximum atomic E-state index is 13.3. The Hall–Kier alpha value is -1.84. The predicted molar refractivity (Wildman–Crippen MR) is 109 cm³/mol. The minimum Gasteiger partial charge on any atom is -0.280 e. The number of hydrogen-bond donors (Lipinski definition) is 1. The van der Waals surface area contributed by atoms with Gasteiger partial charge in [-0.2, -0.15) is 0 Å². The van der Waals surface area contributed by atoms with Gasteiger partial charge >= 0.3 is 0 Å². The summed E-state index contributed by atoms with van der Waals surface area (Å²) in [6, 6.07) is 6.55. The molecule has 0 unspecified atom stereocenters. The highest BCUT2D eigenvalue weighted by atomic mass is 35.5. The zero-order chi connectivity index (χ0) is 20.7. The zero-order valence-electron chi connectivity index (χ0n) is 15.4. The van der Waals surface area contributed by atoms with Gasteiger partial charge in [0, 0.05) is 6.54 Å². The molecule has 0 saturated carbocycles. The second-order valence-corrected chi connectivity index (χ2v) is 10.8. The third-order valence-corrected chi connectivity index (χ3v) is 8.24. The Bertz CT molecular complexity index is 1130. The molecule has 2 aromatic carbocycles. The lowest BCUT2D eigenvalue weighted by Crippen LogP contribution is -2.38. The summed E-state index contributed by atoms with van der Waals surface area (Å²) in [5.74, 6) is -0.568. The van der Waals surface area contributed by atoms with Crippen molar-refractivity contribution in [3.05, 3.63) is 52.3 Å². The van der Waals surface area contributed by atoms with Crippen LogP contribution in [-0.2, 0) is 20.0 Å². The van der Waals surface area contributed by atoms with Crippen molar-refractivity contribution >= 4 is 43.0 Å². The maximum absolute atomic E-state index is 13.3. The summed E-state index contributed by atoms with van der Waals surface area (Å²) in [5.41, 5.74) is 1.56. The van der Waals surface area contributed by atoms with E-state index in [2.05, 4.69) is 4.72 Å². The molecule has 10 heteroatoms. The molecule has 0 bridgehead atoms. The van der Waals surface area contributed by atoms with E-state index in [0.717, 1.165) is 12.5 Å². The van der Waals surface area contributed by atoms with Gasteiger partial charge < -0.3 is 0 Å². The molecular weight excluding hydrogens is 427 g/mol. The molecule has 1 aliphatic rings. The van der Waals surface area contributed by atoms with Crippen molar-refractivity contribution in [2.24, 2.45) is 0 Å². The first-order valence-electron chi connectivity index (χ1n) is 8.61. The smallest absolute Gasteiger partial charge is 0.262 e. The lowest BCUT2D eigenvalue weighted by Gasteiger charge is -2.30. The van der Waals surface area contributed by atoms with Crippen LogP contribution >= 0.6 is 11.6 Å². The Morgan fingerprint density at radius 3 is 2.46 bits per heavy atom. The monoisotopic (exact) mass is 446 g/mol. The van der Waals surface area contributed by atoms with E-state index in [1.165, 1.54) is 22.5 Å². The average molecular weight is 447 g/mol. The lowest BCUT2D eigenvalue weighted by atomic mass is 10.1. The molecule has 0 atom stereocenters. The zero-order valence-corrected chi connectivity index (χ0v) is 17.8. The number of benzene rings is 2. The van der Waals surface area contributed by atoms with E-state index in [-0.39, 0.29) is 21.4 Å². The largest absolute Gasteiger partial charge is 0.280 e. The van der Waals surface area contributed by atoms with Gasteiger partial charge in [-0.3, -0.25) is 9.03 Å². The normalized spacial score (nSPS) is 16.8. The first-order valence-corrected chi connectivity index (χ1v) is 12.1. The van der Waals surface area contributed by atoms with Crippen LogP contribution in [0.4, 0.5) is 15.8 Å². The Kier molecular flexibility index (Phi) is 5.62. The van der Waals surface area contributed by atoms with Crippen molar-refractivity contribution < 1.29 is 21.2 Å². The molecule has 28 heavy (non-hydrogen) atoms. The third-order valence-electron chi connectivity index (χ3n) is 4.57. The van der Waals surface area contributed by atoms with Gasteiger partial charge in [0.05, 0.1) is 27.0 Å². The van der Waals surface area contributed by atoms with E-state index in [0.29, 0.717) is 29.8 Å². The number of nitrogens with zero attached hydrogens (tertiary/aromatic N) is 1. The lowest BCUT2D eigenvalue weighted by molar-refractivity contribution is 0.574. The number of nitrogens with one attached hydrogen (secondary N) is 1. The highest BCUT2D eigenvalue weighted by Gasteiger charge is 2.28. The number of rotatable bonds is 4. The summed E-state index contributed by atoms with van der Waals surface area (Å²) in [6.07, 6.45) is 1.37. The highest BCUT2D eigenvalue weighted by Crippen LogP contribution is 2.32. The summed E-state index contributed by atoms with van der Waals surface area (Å²) < 4.78 is 67.4. The molecule has 6 nitrogen and oxygen atoms in total. The maximum Gasteiger partial charge on any atom is 0.262 e. The van der Waals surface area contributed by atoms with Gasteiger partial charge in [0.1, 0.15) is 5.82 Å². The SMILES string of the molecule is Cc1cc(S(=O)(=O)Nc2ccc(F)c(Cl)c2)c(C)cc1N1CCCCS1(=O)=O. The van der Waals surface area contributed by atoms with Crippen molar-refractivity contribution in [1.29, 1.82) is 0 Å². The van der Waals surface area contributed by atoms with Crippen molar-refractivity contribution in [3.63, 3.8) is 0 Å². The van der Waals surface area contributed by atoms with Crippen LogP contribution in [0.1, 0.15) is 24.0 Å². The fraction of sp³-hybridized carbons (Fsp3) is 0.333. The van der Waals surface area contributed by atoms with Crippen LogP contribution in [-0.4, -0.2) is 29.1 Å². The minimum atomic E-state index is -3.97. The van der Waals surface area contributed by atoms with E-state index in [1.54, 1.807) is 19.9 Å². The van der Waals surface area contributed by atoms with Gasteiger partial charge in [-0.1, -0.05) is 11.6 Å².